The highest BCUT2D eigenvalue weighted by Gasteiger charge is 2.19. The van der Waals surface area contributed by atoms with Gasteiger partial charge in [0.05, 0.1) is 0 Å². The third-order valence-electron chi connectivity index (χ3n) is 14.4. The van der Waals surface area contributed by atoms with Crippen molar-refractivity contribution in [3.8, 4) is 0 Å². The van der Waals surface area contributed by atoms with E-state index in [2.05, 4.69) is 57.2 Å². The molecule has 0 saturated heterocycles. The third-order valence-corrected chi connectivity index (χ3v) is 14.4. The van der Waals surface area contributed by atoms with Gasteiger partial charge >= 0.3 is 17.9 Å². The van der Waals surface area contributed by atoms with Gasteiger partial charge in [-0.15, -0.1) is 0 Å². The zero-order chi connectivity index (χ0) is 52.2. The number of unbranched alkanes of at least 4 members (excludes halogenated alkanes) is 42. The molecule has 0 aromatic carbocycles. The van der Waals surface area contributed by atoms with Crippen molar-refractivity contribution in [2.45, 2.75) is 354 Å². The van der Waals surface area contributed by atoms with Crippen molar-refractivity contribution in [2.75, 3.05) is 13.2 Å². The fraction of sp³-hybridized carbons (Fsp3) is 0.864. The first-order valence-electron chi connectivity index (χ1n) is 32.0. The van der Waals surface area contributed by atoms with Crippen LogP contribution >= 0.6 is 0 Å². The zero-order valence-electron chi connectivity index (χ0n) is 48.5. The molecule has 0 bridgehead atoms. The minimum Gasteiger partial charge on any atom is -0.462 e. The van der Waals surface area contributed by atoms with E-state index in [9.17, 15) is 14.4 Å². The lowest BCUT2D eigenvalue weighted by molar-refractivity contribution is -0.167. The molecule has 1 atom stereocenters. The lowest BCUT2D eigenvalue weighted by Crippen LogP contribution is -2.30. The Kier molecular flexibility index (Phi) is 59.2. The number of carbonyl (C=O) groups is 3. The molecule has 0 aliphatic carbocycles. The van der Waals surface area contributed by atoms with Gasteiger partial charge in [0, 0.05) is 19.3 Å². The molecule has 422 valence electrons. The second-order valence-corrected chi connectivity index (χ2v) is 21.7. The summed E-state index contributed by atoms with van der Waals surface area (Å²) in [6.07, 6.45) is 74.5. The van der Waals surface area contributed by atoms with E-state index in [-0.39, 0.29) is 31.1 Å². The molecule has 0 aromatic rings. The van der Waals surface area contributed by atoms with E-state index in [1.54, 1.807) is 0 Å². The Morgan fingerprint density at radius 1 is 0.278 bits per heavy atom. The van der Waals surface area contributed by atoms with Gasteiger partial charge in [-0.2, -0.15) is 0 Å². The van der Waals surface area contributed by atoms with E-state index < -0.39 is 6.10 Å². The number of hydrogen-bond acceptors (Lipinski definition) is 6. The summed E-state index contributed by atoms with van der Waals surface area (Å²) >= 11 is 0. The highest BCUT2D eigenvalue weighted by molar-refractivity contribution is 5.71. The van der Waals surface area contributed by atoms with Gasteiger partial charge in [0.1, 0.15) is 13.2 Å². The van der Waals surface area contributed by atoms with Crippen LogP contribution in [0.5, 0.6) is 0 Å². The first-order chi connectivity index (χ1) is 35.5. The van der Waals surface area contributed by atoms with E-state index in [1.165, 1.54) is 238 Å². The van der Waals surface area contributed by atoms with Crippen molar-refractivity contribution in [3.05, 3.63) is 36.5 Å². The van der Waals surface area contributed by atoms with Crippen LogP contribution in [0.1, 0.15) is 348 Å². The summed E-state index contributed by atoms with van der Waals surface area (Å²) in [6, 6.07) is 0. The summed E-state index contributed by atoms with van der Waals surface area (Å²) in [6.45, 7) is 6.66. The molecule has 0 amide bonds. The van der Waals surface area contributed by atoms with Crippen LogP contribution in [0, 0.1) is 0 Å². The van der Waals surface area contributed by atoms with Gasteiger partial charge in [-0.3, -0.25) is 14.4 Å². The molecule has 0 aromatic heterocycles. The molecule has 0 rings (SSSR count). The largest absolute Gasteiger partial charge is 0.462 e. The normalized spacial score (nSPS) is 12.2. The Bertz CT molecular complexity index is 1210. The molecular formula is C66H122O6. The molecule has 0 spiro atoms. The maximum Gasteiger partial charge on any atom is 0.306 e. The Morgan fingerprint density at radius 3 is 0.778 bits per heavy atom. The van der Waals surface area contributed by atoms with Gasteiger partial charge in [-0.1, -0.05) is 308 Å². The Labute approximate surface area is 448 Å². The lowest BCUT2D eigenvalue weighted by Gasteiger charge is -2.18. The van der Waals surface area contributed by atoms with Gasteiger partial charge in [-0.05, 0) is 57.8 Å². The standard InChI is InChI=1S/C66H122O6/c1-4-7-10-13-16-19-21-23-25-27-28-29-30-31-32-33-34-35-36-37-38-39-41-42-44-47-50-53-56-59-65(68)71-62-63(61-70-64(67)58-55-52-49-46-18-15-12-9-6-3)72-66(69)60-57-54-51-48-45-43-40-26-24-22-20-17-14-11-8-5-2/h21,23,27-28,30-31,63H,4-20,22,24-26,29,32-62H2,1-3H3/b23-21-,28-27-,31-30-. The van der Waals surface area contributed by atoms with E-state index in [1.807, 2.05) is 0 Å². The minimum atomic E-state index is -0.766. The molecule has 0 heterocycles. The molecule has 0 saturated carbocycles. The number of esters is 3. The number of rotatable bonds is 59. The van der Waals surface area contributed by atoms with E-state index >= 15 is 0 Å². The molecule has 6 nitrogen and oxygen atoms in total. The predicted molar refractivity (Wildman–Crippen MR) is 312 cm³/mol. The number of allylic oxidation sites excluding steroid dienone is 6. The summed E-state index contributed by atoms with van der Waals surface area (Å²) in [5, 5.41) is 0. The van der Waals surface area contributed by atoms with Gasteiger partial charge in [-0.25, -0.2) is 0 Å². The average Bonchev–Trinajstić information content (AvgIpc) is 3.38. The first kappa shape index (κ1) is 69.6. The second kappa shape index (κ2) is 61.2. The topological polar surface area (TPSA) is 78.9 Å². The van der Waals surface area contributed by atoms with E-state index in [4.69, 9.17) is 14.2 Å². The molecular weight excluding hydrogens is 889 g/mol. The summed E-state index contributed by atoms with van der Waals surface area (Å²) in [5.74, 6) is -0.847. The van der Waals surface area contributed by atoms with Gasteiger partial charge in [0.15, 0.2) is 6.10 Å². The molecule has 0 fully saturated rings. The SMILES string of the molecule is CCCCCCC/C=C\C/C=C\C/C=C\CCCCCCCCCCCCCCCCC(=O)OCC(COC(=O)CCCCCCCCCCC)OC(=O)CCCCCCCCCCCCCCCCCC. The smallest absolute Gasteiger partial charge is 0.306 e. The highest BCUT2D eigenvalue weighted by Crippen LogP contribution is 2.17. The predicted octanol–water partition coefficient (Wildman–Crippen LogP) is 21.6. The molecule has 0 aliphatic heterocycles. The maximum atomic E-state index is 12.8. The van der Waals surface area contributed by atoms with Crippen LogP contribution in [0.3, 0.4) is 0 Å². The number of ether oxygens (including phenoxy) is 3. The number of hydrogen-bond donors (Lipinski definition) is 0. The van der Waals surface area contributed by atoms with Crippen LogP contribution in [0.4, 0.5) is 0 Å². The van der Waals surface area contributed by atoms with E-state index in [0.717, 1.165) is 70.6 Å². The maximum absolute atomic E-state index is 12.8. The van der Waals surface area contributed by atoms with Crippen molar-refractivity contribution in [3.63, 3.8) is 0 Å². The lowest BCUT2D eigenvalue weighted by atomic mass is 10.0. The monoisotopic (exact) mass is 1010 g/mol. The quantitative estimate of drug-likeness (QED) is 0.0261. The molecule has 0 N–H and O–H groups in total. The van der Waals surface area contributed by atoms with Crippen molar-refractivity contribution in [1.29, 1.82) is 0 Å². The molecule has 1 unspecified atom stereocenters. The van der Waals surface area contributed by atoms with Crippen LogP contribution in [0.25, 0.3) is 0 Å². The van der Waals surface area contributed by atoms with Crippen molar-refractivity contribution in [1.82, 2.24) is 0 Å². The summed E-state index contributed by atoms with van der Waals surface area (Å²) in [5.41, 5.74) is 0. The van der Waals surface area contributed by atoms with Crippen molar-refractivity contribution >= 4 is 17.9 Å². The molecule has 72 heavy (non-hydrogen) atoms. The Hall–Kier alpha value is -2.37. The third kappa shape index (κ3) is 58.5. The minimum absolute atomic E-state index is 0.0664. The van der Waals surface area contributed by atoms with Gasteiger partial charge < -0.3 is 14.2 Å². The zero-order valence-corrected chi connectivity index (χ0v) is 48.5. The second-order valence-electron chi connectivity index (χ2n) is 21.7. The number of carbonyl (C=O) groups excluding carboxylic acids is 3. The fourth-order valence-electron chi connectivity index (χ4n) is 9.57. The Balaban J connectivity index is 4.10. The highest BCUT2D eigenvalue weighted by atomic mass is 16.6. The molecule has 0 radical (unpaired) electrons. The van der Waals surface area contributed by atoms with Crippen LogP contribution < -0.4 is 0 Å². The molecule has 6 heteroatoms. The first-order valence-corrected chi connectivity index (χ1v) is 32.0. The summed E-state index contributed by atoms with van der Waals surface area (Å²) < 4.78 is 16.9. The molecule has 0 aliphatic rings. The summed E-state index contributed by atoms with van der Waals surface area (Å²) in [4.78, 5) is 38.1. The van der Waals surface area contributed by atoms with Crippen LogP contribution in [-0.2, 0) is 28.6 Å². The van der Waals surface area contributed by atoms with Crippen LogP contribution in [-0.4, -0.2) is 37.2 Å². The van der Waals surface area contributed by atoms with Gasteiger partial charge in [0.25, 0.3) is 0 Å². The van der Waals surface area contributed by atoms with Crippen LogP contribution in [0.2, 0.25) is 0 Å². The summed E-state index contributed by atoms with van der Waals surface area (Å²) in [7, 11) is 0. The van der Waals surface area contributed by atoms with Gasteiger partial charge in [0.2, 0.25) is 0 Å². The average molecular weight is 1010 g/mol. The van der Waals surface area contributed by atoms with Crippen LogP contribution in [0.15, 0.2) is 36.5 Å². The van der Waals surface area contributed by atoms with E-state index in [0.29, 0.717) is 19.3 Å². The van der Waals surface area contributed by atoms with Crippen molar-refractivity contribution in [2.24, 2.45) is 0 Å². The van der Waals surface area contributed by atoms with Crippen molar-refractivity contribution < 1.29 is 28.6 Å². The Morgan fingerprint density at radius 2 is 0.500 bits per heavy atom. The fourth-order valence-corrected chi connectivity index (χ4v) is 9.57.